The number of nitrogens with one attached hydrogen (secondary N) is 2. The molecule has 1 spiro atoms. The molecule has 0 radical (unpaired) electrons. The highest BCUT2D eigenvalue weighted by Crippen LogP contribution is 2.71. The maximum absolute atomic E-state index is 13.4. The molecular formula is C20H32N4O5S. The van der Waals surface area contributed by atoms with Crippen LogP contribution in [0.2, 0.25) is 0 Å². The molecule has 9 nitrogen and oxygen atoms in total. The quantitative estimate of drug-likeness (QED) is 0.449. The smallest absolute Gasteiger partial charge is 0.244 e. The van der Waals surface area contributed by atoms with Crippen molar-refractivity contribution in [2.75, 3.05) is 59.6 Å². The van der Waals surface area contributed by atoms with Gasteiger partial charge in [0.1, 0.15) is 6.04 Å². The molecule has 0 aliphatic carbocycles. The summed E-state index contributed by atoms with van der Waals surface area (Å²) in [4.78, 5) is 43.2. The fraction of sp³-hybridized carbons (Fsp3) is 0.850. The van der Waals surface area contributed by atoms with Crippen molar-refractivity contribution in [1.29, 1.82) is 0 Å². The van der Waals surface area contributed by atoms with Crippen LogP contribution in [0.25, 0.3) is 0 Å². The minimum absolute atomic E-state index is 0.108. The summed E-state index contributed by atoms with van der Waals surface area (Å²) in [5.41, 5.74) is 0. The summed E-state index contributed by atoms with van der Waals surface area (Å²) in [6.45, 7) is 6.28. The van der Waals surface area contributed by atoms with Gasteiger partial charge in [0, 0.05) is 44.5 Å². The number of β-amino-alcohol motifs (C(OH)–C–C–N with tert-alkyl or cyclic N) is 1. The van der Waals surface area contributed by atoms with Crippen LogP contribution in [0.5, 0.6) is 0 Å². The molecule has 5 atom stereocenters. The topological polar surface area (TPSA) is 111 Å². The molecule has 2 bridgehead atoms. The van der Waals surface area contributed by atoms with Crippen molar-refractivity contribution >= 4 is 29.5 Å². The molecule has 30 heavy (non-hydrogen) atoms. The Bertz CT molecular complexity index is 717. The molecule has 4 aliphatic rings. The monoisotopic (exact) mass is 440 g/mol. The van der Waals surface area contributed by atoms with Crippen LogP contribution < -0.4 is 10.6 Å². The predicted octanol–water partition coefficient (Wildman–Crippen LogP) is -1.35. The molecule has 10 heteroatoms. The lowest BCUT2D eigenvalue weighted by atomic mass is 9.66. The SMILES string of the molecule is CNC(=O)[C@H]1[C@H]2C(=O)N(CCO)C(C(=O)NCCN3CCOCC3)C23CC[C@]1(C)S3. The van der Waals surface area contributed by atoms with Gasteiger partial charge in [-0.15, -0.1) is 11.8 Å². The molecule has 4 heterocycles. The van der Waals surface area contributed by atoms with Crippen LogP contribution >= 0.6 is 11.8 Å². The van der Waals surface area contributed by atoms with Crippen molar-refractivity contribution in [2.24, 2.45) is 11.8 Å². The number of fused-ring (bicyclic) bond motifs is 1. The summed E-state index contributed by atoms with van der Waals surface area (Å²) in [6, 6.07) is -0.659. The highest BCUT2D eigenvalue weighted by atomic mass is 32.2. The highest BCUT2D eigenvalue weighted by Gasteiger charge is 2.76. The van der Waals surface area contributed by atoms with E-state index >= 15 is 0 Å². The minimum atomic E-state index is -0.659. The maximum Gasteiger partial charge on any atom is 0.244 e. The van der Waals surface area contributed by atoms with E-state index in [0.717, 1.165) is 32.5 Å². The van der Waals surface area contributed by atoms with Crippen LogP contribution in [0.15, 0.2) is 0 Å². The van der Waals surface area contributed by atoms with E-state index in [0.29, 0.717) is 19.8 Å². The first-order chi connectivity index (χ1) is 14.4. The molecule has 0 aromatic rings. The Morgan fingerprint density at radius 1 is 1.23 bits per heavy atom. The third-order valence-corrected chi connectivity index (χ3v) is 9.21. The van der Waals surface area contributed by atoms with Crippen LogP contribution in [0, 0.1) is 11.8 Å². The van der Waals surface area contributed by atoms with Gasteiger partial charge in [0.25, 0.3) is 0 Å². The largest absolute Gasteiger partial charge is 0.395 e. The third kappa shape index (κ3) is 3.32. The molecule has 4 fully saturated rings. The zero-order valence-electron chi connectivity index (χ0n) is 17.7. The van der Waals surface area contributed by atoms with Crippen molar-refractivity contribution in [3.05, 3.63) is 0 Å². The first-order valence-corrected chi connectivity index (χ1v) is 11.6. The normalized spacial score (nSPS) is 38.0. The molecule has 0 aromatic carbocycles. The molecule has 4 saturated heterocycles. The number of rotatable bonds is 7. The average Bonchev–Trinajstić information content (AvgIpc) is 3.30. The second kappa shape index (κ2) is 8.29. The van der Waals surface area contributed by atoms with E-state index in [9.17, 15) is 19.5 Å². The third-order valence-electron chi connectivity index (χ3n) is 7.23. The molecule has 3 amide bonds. The number of carbonyl (C=O) groups is 3. The number of hydrogen-bond acceptors (Lipinski definition) is 7. The number of carbonyl (C=O) groups excluding carboxylic acids is 3. The number of nitrogens with zero attached hydrogens (tertiary/aromatic N) is 2. The van der Waals surface area contributed by atoms with Gasteiger partial charge in [0.05, 0.1) is 36.4 Å². The van der Waals surface area contributed by atoms with Crippen molar-refractivity contribution in [2.45, 2.75) is 35.3 Å². The molecule has 3 N–H and O–H groups in total. The lowest BCUT2D eigenvalue weighted by Crippen LogP contribution is -2.55. The zero-order chi connectivity index (χ0) is 21.5. The van der Waals surface area contributed by atoms with Gasteiger partial charge in [0.2, 0.25) is 17.7 Å². The van der Waals surface area contributed by atoms with E-state index in [2.05, 4.69) is 15.5 Å². The van der Waals surface area contributed by atoms with E-state index in [-0.39, 0.29) is 35.6 Å². The Labute approximate surface area is 181 Å². The fourth-order valence-corrected chi connectivity index (χ4v) is 8.25. The van der Waals surface area contributed by atoms with Crippen LogP contribution in [0.3, 0.4) is 0 Å². The molecule has 168 valence electrons. The number of likely N-dealkylation sites (tertiary alicyclic amines) is 1. The number of aliphatic hydroxyl groups is 1. The standard InChI is InChI=1S/C20H32N4O5S/c1-19-3-4-20(30-19)14(13(19)16(26)21-2)18(28)24(7-10-25)15(20)17(27)22-5-6-23-8-11-29-12-9-23/h13-15,25H,3-12H2,1-2H3,(H,21,26)(H,22,27)/t13-,14+,15?,19+,20?/m1/s1. The van der Waals surface area contributed by atoms with Crippen molar-refractivity contribution in [3.8, 4) is 0 Å². The van der Waals surface area contributed by atoms with Gasteiger partial charge in [-0.3, -0.25) is 19.3 Å². The maximum atomic E-state index is 13.4. The van der Waals surface area contributed by atoms with E-state index in [1.165, 1.54) is 4.90 Å². The summed E-state index contributed by atoms with van der Waals surface area (Å²) in [7, 11) is 1.59. The number of hydrogen-bond donors (Lipinski definition) is 3. The Balaban J connectivity index is 1.54. The van der Waals surface area contributed by atoms with Gasteiger partial charge in [0.15, 0.2) is 0 Å². The summed E-state index contributed by atoms with van der Waals surface area (Å²) < 4.78 is 4.40. The van der Waals surface area contributed by atoms with Gasteiger partial charge in [-0.1, -0.05) is 0 Å². The average molecular weight is 441 g/mol. The van der Waals surface area contributed by atoms with Crippen molar-refractivity contribution in [3.63, 3.8) is 0 Å². The second-order valence-corrected chi connectivity index (χ2v) is 10.7. The lowest BCUT2D eigenvalue weighted by Gasteiger charge is -2.34. The lowest BCUT2D eigenvalue weighted by molar-refractivity contribution is -0.140. The second-order valence-electron chi connectivity index (χ2n) is 8.84. The number of amides is 3. The molecular weight excluding hydrogens is 408 g/mol. The van der Waals surface area contributed by atoms with Gasteiger partial charge >= 0.3 is 0 Å². The minimum Gasteiger partial charge on any atom is -0.395 e. The van der Waals surface area contributed by atoms with E-state index in [1.54, 1.807) is 18.8 Å². The van der Waals surface area contributed by atoms with Gasteiger partial charge in [-0.2, -0.15) is 0 Å². The Kier molecular flexibility index (Phi) is 6.04. The van der Waals surface area contributed by atoms with E-state index < -0.39 is 22.6 Å². The van der Waals surface area contributed by atoms with Crippen LogP contribution in [0.1, 0.15) is 19.8 Å². The van der Waals surface area contributed by atoms with Crippen LogP contribution in [-0.2, 0) is 19.1 Å². The fourth-order valence-electron chi connectivity index (χ4n) is 5.89. The molecule has 2 unspecified atom stereocenters. The summed E-state index contributed by atoms with van der Waals surface area (Å²) >= 11 is 1.64. The Morgan fingerprint density at radius 2 is 1.97 bits per heavy atom. The number of thioether (sulfide) groups is 1. The molecule has 4 rings (SSSR count). The first kappa shape index (κ1) is 21.9. The molecule has 4 aliphatic heterocycles. The molecule has 0 aromatic heterocycles. The van der Waals surface area contributed by atoms with Crippen LogP contribution in [0.4, 0.5) is 0 Å². The number of ether oxygens (including phenoxy) is 1. The van der Waals surface area contributed by atoms with Crippen molar-refractivity contribution < 1.29 is 24.2 Å². The Morgan fingerprint density at radius 3 is 2.63 bits per heavy atom. The summed E-state index contributed by atoms with van der Waals surface area (Å²) in [5, 5.41) is 15.3. The number of morpholine rings is 1. The van der Waals surface area contributed by atoms with Gasteiger partial charge in [-0.25, -0.2) is 0 Å². The van der Waals surface area contributed by atoms with E-state index in [4.69, 9.17) is 4.74 Å². The van der Waals surface area contributed by atoms with Crippen LogP contribution in [-0.4, -0.2) is 108 Å². The predicted molar refractivity (Wildman–Crippen MR) is 112 cm³/mol. The summed E-state index contributed by atoms with van der Waals surface area (Å²) in [5.74, 6) is -1.48. The van der Waals surface area contributed by atoms with Crippen molar-refractivity contribution in [1.82, 2.24) is 20.4 Å². The van der Waals surface area contributed by atoms with Gasteiger partial charge in [-0.05, 0) is 19.8 Å². The van der Waals surface area contributed by atoms with Gasteiger partial charge < -0.3 is 25.4 Å². The molecule has 0 saturated carbocycles. The summed E-state index contributed by atoms with van der Waals surface area (Å²) in [6.07, 6.45) is 1.52. The zero-order valence-corrected chi connectivity index (χ0v) is 18.5. The van der Waals surface area contributed by atoms with E-state index in [1.807, 2.05) is 6.92 Å². The number of aliphatic hydroxyl groups excluding tert-OH is 1. The first-order valence-electron chi connectivity index (χ1n) is 10.8. The Hall–Kier alpha value is -1.36. The highest BCUT2D eigenvalue weighted by molar-refractivity contribution is 8.02.